The number of nitrogens with two attached hydrogens (primary N) is 1. The molecule has 4 N–H and O–H groups in total. The molecule has 134 valence electrons. The molecule has 2 rings (SSSR count). The van der Waals surface area contributed by atoms with E-state index in [1.807, 2.05) is 30.3 Å². The van der Waals surface area contributed by atoms with Crippen LogP contribution in [0.25, 0.3) is 0 Å². The third-order valence-corrected chi connectivity index (χ3v) is 4.08. The number of halogens is 3. The number of nitrogens with one attached hydrogen (secondary N) is 2. The highest BCUT2D eigenvalue weighted by molar-refractivity contribution is 5.81. The molecular weight excluding hydrogens is 321 g/mol. The summed E-state index contributed by atoms with van der Waals surface area (Å²) in [4.78, 5) is 13.4. The summed E-state index contributed by atoms with van der Waals surface area (Å²) in [7, 11) is 0. The van der Waals surface area contributed by atoms with E-state index < -0.39 is 30.7 Å². The topological polar surface area (TPSA) is 70.4 Å². The lowest BCUT2D eigenvalue weighted by Crippen LogP contribution is -2.58. The monoisotopic (exact) mass is 344 g/mol. The van der Waals surface area contributed by atoms with Gasteiger partial charge in [-0.3, -0.25) is 9.69 Å². The Hall–Kier alpha value is -1.64. The van der Waals surface area contributed by atoms with Crippen molar-refractivity contribution >= 4 is 5.91 Å². The van der Waals surface area contributed by atoms with Crippen LogP contribution in [0.4, 0.5) is 13.2 Å². The Bertz CT molecular complexity index is 518. The lowest BCUT2D eigenvalue weighted by molar-refractivity contribution is -0.184. The van der Waals surface area contributed by atoms with Gasteiger partial charge in [0.25, 0.3) is 0 Å². The van der Waals surface area contributed by atoms with Crippen molar-refractivity contribution in [2.45, 2.75) is 24.7 Å². The summed E-state index contributed by atoms with van der Waals surface area (Å²) in [5, 5.41) is 5.38. The minimum Gasteiger partial charge on any atom is -0.353 e. The fourth-order valence-electron chi connectivity index (χ4n) is 2.73. The molecule has 8 heteroatoms. The Labute approximate surface area is 139 Å². The fraction of sp³-hybridized carbons (Fsp3) is 0.562. The minimum atomic E-state index is -4.39. The van der Waals surface area contributed by atoms with Gasteiger partial charge in [-0.2, -0.15) is 13.2 Å². The summed E-state index contributed by atoms with van der Waals surface area (Å²) >= 11 is 0. The van der Waals surface area contributed by atoms with Crippen molar-refractivity contribution in [2.75, 3.05) is 32.7 Å². The molecule has 24 heavy (non-hydrogen) atoms. The third kappa shape index (κ3) is 5.47. The summed E-state index contributed by atoms with van der Waals surface area (Å²) < 4.78 is 39.8. The van der Waals surface area contributed by atoms with E-state index in [1.54, 1.807) is 0 Å². The van der Waals surface area contributed by atoms with Crippen LogP contribution in [0.1, 0.15) is 5.56 Å². The molecule has 1 aliphatic heterocycles. The minimum absolute atomic E-state index is 0.289. The van der Waals surface area contributed by atoms with Gasteiger partial charge in [-0.25, -0.2) is 0 Å². The predicted molar refractivity (Wildman–Crippen MR) is 85.4 cm³/mol. The number of benzene rings is 1. The summed E-state index contributed by atoms with van der Waals surface area (Å²) in [5.41, 5.74) is 6.68. The maximum atomic E-state index is 13.3. The van der Waals surface area contributed by atoms with Gasteiger partial charge in [0.15, 0.2) is 0 Å². The van der Waals surface area contributed by atoms with Crippen molar-refractivity contribution < 1.29 is 18.0 Å². The van der Waals surface area contributed by atoms with Crippen LogP contribution in [0.3, 0.4) is 0 Å². The molecule has 1 saturated heterocycles. The Kier molecular flexibility index (Phi) is 6.59. The molecule has 0 spiro atoms. The second-order valence-corrected chi connectivity index (χ2v) is 5.88. The molecule has 1 fully saturated rings. The second kappa shape index (κ2) is 8.46. The Morgan fingerprint density at radius 3 is 2.46 bits per heavy atom. The number of hydrogen-bond donors (Lipinski definition) is 3. The fourth-order valence-corrected chi connectivity index (χ4v) is 2.73. The van der Waals surface area contributed by atoms with Crippen molar-refractivity contribution in [1.82, 2.24) is 15.5 Å². The molecule has 0 radical (unpaired) electrons. The standard InChI is InChI=1S/C16H23F3N4O/c17-16(18,19)14(23-8-6-21-7-9-23)11-22-15(24)13(20)10-12-4-2-1-3-5-12/h1-5,13-14,21H,6-11,20H2,(H,22,24)/t13-,14?/m0/s1. The van der Waals surface area contributed by atoms with Gasteiger partial charge in [0.05, 0.1) is 6.04 Å². The van der Waals surface area contributed by atoms with Crippen molar-refractivity contribution in [3.05, 3.63) is 35.9 Å². The largest absolute Gasteiger partial charge is 0.405 e. The zero-order valence-electron chi connectivity index (χ0n) is 13.4. The van der Waals surface area contributed by atoms with Crippen LogP contribution >= 0.6 is 0 Å². The van der Waals surface area contributed by atoms with E-state index in [0.717, 1.165) is 5.56 Å². The van der Waals surface area contributed by atoms with Gasteiger partial charge < -0.3 is 16.4 Å². The second-order valence-electron chi connectivity index (χ2n) is 5.88. The average molecular weight is 344 g/mol. The first kappa shape index (κ1) is 18.7. The first-order valence-corrected chi connectivity index (χ1v) is 7.96. The normalized spacial score (nSPS) is 18.8. The van der Waals surface area contributed by atoms with Gasteiger partial charge in [-0.15, -0.1) is 0 Å². The van der Waals surface area contributed by atoms with Crippen molar-refractivity contribution in [2.24, 2.45) is 5.73 Å². The lowest BCUT2D eigenvalue weighted by Gasteiger charge is -2.36. The van der Waals surface area contributed by atoms with E-state index in [4.69, 9.17) is 5.73 Å². The lowest BCUT2D eigenvalue weighted by atomic mass is 10.1. The smallest absolute Gasteiger partial charge is 0.353 e. The molecule has 1 aliphatic rings. The van der Waals surface area contributed by atoms with Crippen LogP contribution in [-0.2, 0) is 11.2 Å². The highest BCUT2D eigenvalue weighted by atomic mass is 19.4. The van der Waals surface area contributed by atoms with Gasteiger partial charge in [0.2, 0.25) is 5.91 Å². The SMILES string of the molecule is N[C@@H](Cc1ccccc1)C(=O)NCC(N1CCNCC1)C(F)(F)F. The van der Waals surface area contributed by atoms with E-state index in [0.29, 0.717) is 26.2 Å². The first-order valence-electron chi connectivity index (χ1n) is 7.96. The highest BCUT2D eigenvalue weighted by Crippen LogP contribution is 2.24. The summed E-state index contributed by atoms with van der Waals surface area (Å²) in [6, 6.07) is 6.58. The van der Waals surface area contributed by atoms with E-state index in [-0.39, 0.29) is 6.42 Å². The number of carbonyl (C=O) groups excluding carboxylic acids is 1. The zero-order chi connectivity index (χ0) is 17.6. The quantitative estimate of drug-likeness (QED) is 0.703. The van der Waals surface area contributed by atoms with Crippen molar-refractivity contribution in [1.29, 1.82) is 0 Å². The molecule has 0 bridgehead atoms. The van der Waals surface area contributed by atoms with Crippen molar-refractivity contribution in [3.63, 3.8) is 0 Å². The molecule has 0 saturated carbocycles. The molecule has 1 amide bonds. The van der Waals surface area contributed by atoms with Crippen molar-refractivity contribution in [3.8, 4) is 0 Å². The van der Waals surface area contributed by atoms with Crippen LogP contribution in [0, 0.1) is 0 Å². The predicted octanol–water partition coefficient (Wildman–Crippen LogP) is 0.509. The third-order valence-electron chi connectivity index (χ3n) is 4.08. The van der Waals surface area contributed by atoms with E-state index in [9.17, 15) is 18.0 Å². The zero-order valence-corrected chi connectivity index (χ0v) is 13.4. The molecule has 0 aromatic heterocycles. The van der Waals surface area contributed by atoms with E-state index in [2.05, 4.69) is 10.6 Å². The summed E-state index contributed by atoms with van der Waals surface area (Å²) in [6.45, 7) is 1.14. The molecule has 1 aromatic carbocycles. The molecule has 2 atom stereocenters. The first-order chi connectivity index (χ1) is 11.4. The van der Waals surface area contributed by atoms with Gasteiger partial charge in [-0.05, 0) is 12.0 Å². The molecule has 1 unspecified atom stereocenters. The molecular formula is C16H23F3N4O. The number of amides is 1. The van der Waals surface area contributed by atoms with Crippen LogP contribution in [0.5, 0.6) is 0 Å². The Morgan fingerprint density at radius 2 is 1.88 bits per heavy atom. The maximum absolute atomic E-state index is 13.3. The summed E-state index contributed by atoms with van der Waals surface area (Å²) in [5.74, 6) is -0.566. The summed E-state index contributed by atoms with van der Waals surface area (Å²) in [6.07, 6.45) is -4.11. The Morgan fingerprint density at radius 1 is 1.25 bits per heavy atom. The molecule has 1 heterocycles. The van der Waals surface area contributed by atoms with Gasteiger partial charge in [0, 0.05) is 32.7 Å². The van der Waals surface area contributed by atoms with Crippen LogP contribution in [-0.4, -0.2) is 61.8 Å². The number of nitrogens with zero attached hydrogens (tertiary/aromatic N) is 1. The number of alkyl halides is 3. The average Bonchev–Trinajstić information content (AvgIpc) is 2.55. The molecule has 5 nitrogen and oxygen atoms in total. The maximum Gasteiger partial charge on any atom is 0.405 e. The number of piperazine rings is 1. The van der Waals surface area contributed by atoms with Crippen LogP contribution in [0.2, 0.25) is 0 Å². The van der Waals surface area contributed by atoms with Crippen LogP contribution in [0.15, 0.2) is 30.3 Å². The molecule has 0 aliphatic carbocycles. The highest BCUT2D eigenvalue weighted by Gasteiger charge is 2.43. The number of hydrogen-bond acceptors (Lipinski definition) is 4. The van der Waals surface area contributed by atoms with Gasteiger partial charge in [-0.1, -0.05) is 30.3 Å². The van der Waals surface area contributed by atoms with E-state index in [1.165, 1.54) is 4.90 Å². The molecule has 1 aromatic rings. The van der Waals surface area contributed by atoms with Gasteiger partial charge >= 0.3 is 6.18 Å². The Balaban J connectivity index is 1.89. The van der Waals surface area contributed by atoms with E-state index >= 15 is 0 Å². The van der Waals surface area contributed by atoms with Crippen LogP contribution < -0.4 is 16.4 Å². The number of rotatable bonds is 6. The van der Waals surface area contributed by atoms with Gasteiger partial charge in [0.1, 0.15) is 6.04 Å². The number of carbonyl (C=O) groups is 1.